The Morgan fingerprint density at radius 3 is 2.47 bits per heavy atom. The van der Waals surface area contributed by atoms with E-state index in [0.717, 1.165) is 29.1 Å². The molecule has 1 aromatic rings. The van der Waals surface area contributed by atoms with Gasteiger partial charge in [0.1, 0.15) is 5.82 Å². The molecule has 1 unspecified atom stereocenters. The molecule has 0 bridgehead atoms. The fourth-order valence-corrected chi connectivity index (χ4v) is 2.24. The van der Waals surface area contributed by atoms with E-state index < -0.39 is 0 Å². The molecule has 0 fully saturated rings. The monoisotopic (exact) mass is 299 g/mol. The van der Waals surface area contributed by atoms with Crippen LogP contribution >= 0.6 is 15.9 Å². The minimum atomic E-state index is 0.461. The molecule has 17 heavy (non-hydrogen) atoms. The summed E-state index contributed by atoms with van der Waals surface area (Å²) in [6, 6.07) is 4.61. The first-order valence-electron chi connectivity index (χ1n) is 6.00. The number of pyridine rings is 1. The molecule has 1 aromatic heterocycles. The Morgan fingerprint density at radius 1 is 1.35 bits per heavy atom. The number of aromatic nitrogens is 1. The Kier molecular flexibility index (Phi) is 5.40. The molecule has 1 heterocycles. The summed E-state index contributed by atoms with van der Waals surface area (Å²) in [4.78, 5) is 9.17. The van der Waals surface area contributed by atoms with Crippen molar-refractivity contribution in [3.8, 4) is 0 Å². The number of hydrogen-bond acceptors (Lipinski definition) is 3. The summed E-state index contributed by atoms with van der Waals surface area (Å²) in [5.41, 5.74) is 1.04. The Balaban J connectivity index is 2.89. The normalized spacial score (nSPS) is 12.9. The first kappa shape index (κ1) is 14.5. The van der Waals surface area contributed by atoms with Gasteiger partial charge in [-0.25, -0.2) is 4.98 Å². The Hall–Kier alpha value is -0.610. The van der Waals surface area contributed by atoms with Crippen molar-refractivity contribution >= 4 is 21.7 Å². The molecule has 0 aliphatic carbocycles. The lowest BCUT2D eigenvalue weighted by Crippen LogP contribution is -2.40. The van der Waals surface area contributed by atoms with Crippen LogP contribution in [0.4, 0.5) is 5.82 Å². The maximum atomic E-state index is 4.63. The molecule has 0 amide bonds. The van der Waals surface area contributed by atoms with E-state index in [-0.39, 0.29) is 0 Å². The van der Waals surface area contributed by atoms with Crippen LogP contribution < -0.4 is 4.90 Å². The van der Waals surface area contributed by atoms with Crippen molar-refractivity contribution in [2.24, 2.45) is 0 Å². The highest BCUT2D eigenvalue weighted by Crippen LogP contribution is 2.20. The van der Waals surface area contributed by atoms with E-state index in [2.05, 4.69) is 70.8 Å². The summed E-state index contributed by atoms with van der Waals surface area (Å²) in [5, 5.41) is 0. The largest absolute Gasteiger partial charge is 0.353 e. The average molecular weight is 300 g/mol. The lowest BCUT2D eigenvalue weighted by molar-refractivity contribution is 0.372. The van der Waals surface area contributed by atoms with Gasteiger partial charge in [0.15, 0.2) is 0 Å². The lowest BCUT2D eigenvalue weighted by Gasteiger charge is -2.31. The molecule has 1 atom stereocenters. The summed E-state index contributed by atoms with van der Waals surface area (Å²) >= 11 is 3.49. The highest BCUT2D eigenvalue weighted by atomic mass is 79.9. The van der Waals surface area contributed by atoms with Crippen molar-refractivity contribution in [2.75, 3.05) is 32.1 Å². The van der Waals surface area contributed by atoms with E-state index in [1.54, 1.807) is 0 Å². The van der Waals surface area contributed by atoms with Crippen molar-refractivity contribution < 1.29 is 0 Å². The third kappa shape index (κ3) is 3.96. The summed E-state index contributed by atoms with van der Waals surface area (Å²) in [5.74, 6) is 1.06. The number of likely N-dealkylation sites (N-methyl/N-ethyl adjacent to an activating group) is 2. The molecule has 0 aromatic carbocycles. The van der Waals surface area contributed by atoms with Crippen molar-refractivity contribution in [1.29, 1.82) is 0 Å². The zero-order chi connectivity index (χ0) is 13.0. The second kappa shape index (κ2) is 6.36. The first-order chi connectivity index (χ1) is 7.95. The Labute approximate surface area is 113 Å². The molecule has 3 nitrogen and oxygen atoms in total. The number of nitrogens with zero attached hydrogens (tertiary/aromatic N) is 3. The highest BCUT2D eigenvalue weighted by Gasteiger charge is 2.15. The van der Waals surface area contributed by atoms with Gasteiger partial charge in [-0.2, -0.15) is 0 Å². The third-order valence-corrected chi connectivity index (χ3v) is 3.64. The first-order valence-corrected chi connectivity index (χ1v) is 6.79. The van der Waals surface area contributed by atoms with Crippen molar-refractivity contribution in [1.82, 2.24) is 9.88 Å². The zero-order valence-corrected chi connectivity index (χ0v) is 13.0. The van der Waals surface area contributed by atoms with Crippen LogP contribution in [0.25, 0.3) is 0 Å². The molecule has 0 aliphatic heterocycles. The molecule has 0 radical (unpaired) electrons. The standard InChI is InChI=1S/C13H22BrN3/c1-6-17(10(2)9-16(4)5)13-8-7-12(14)11(3)15-13/h7-8,10H,6,9H2,1-5H3. The molecule has 0 spiro atoms. The van der Waals surface area contributed by atoms with E-state index in [9.17, 15) is 0 Å². The minimum Gasteiger partial charge on any atom is -0.353 e. The van der Waals surface area contributed by atoms with Crippen LogP contribution in [0, 0.1) is 6.92 Å². The van der Waals surface area contributed by atoms with Crippen molar-refractivity contribution in [3.63, 3.8) is 0 Å². The summed E-state index contributed by atoms with van der Waals surface area (Å²) in [7, 11) is 4.20. The molecule has 0 aliphatic rings. The molecule has 4 heteroatoms. The molecular formula is C13H22BrN3. The topological polar surface area (TPSA) is 19.4 Å². The SMILES string of the molecule is CCN(c1ccc(Br)c(C)n1)C(C)CN(C)C. The van der Waals surface area contributed by atoms with Gasteiger partial charge in [0.2, 0.25) is 0 Å². The molecule has 0 saturated carbocycles. The van der Waals surface area contributed by atoms with E-state index in [4.69, 9.17) is 0 Å². The van der Waals surface area contributed by atoms with E-state index in [1.165, 1.54) is 0 Å². The quantitative estimate of drug-likeness (QED) is 0.833. The van der Waals surface area contributed by atoms with Crippen LogP contribution in [0.1, 0.15) is 19.5 Å². The number of rotatable bonds is 5. The van der Waals surface area contributed by atoms with Crippen molar-refractivity contribution in [3.05, 3.63) is 22.3 Å². The number of anilines is 1. The maximum Gasteiger partial charge on any atom is 0.129 e. The fourth-order valence-electron chi connectivity index (χ4n) is 2.02. The van der Waals surface area contributed by atoms with Gasteiger partial charge in [-0.15, -0.1) is 0 Å². The summed E-state index contributed by atoms with van der Waals surface area (Å²) in [6.45, 7) is 8.44. The predicted octanol–water partition coefficient (Wildman–Crippen LogP) is 2.93. The fraction of sp³-hybridized carbons (Fsp3) is 0.615. The van der Waals surface area contributed by atoms with E-state index in [1.807, 2.05) is 6.92 Å². The van der Waals surface area contributed by atoms with Gasteiger partial charge < -0.3 is 9.80 Å². The van der Waals surface area contributed by atoms with Gasteiger partial charge in [0.25, 0.3) is 0 Å². The molecule has 0 N–H and O–H groups in total. The van der Waals surface area contributed by atoms with Crippen LogP contribution in [0.15, 0.2) is 16.6 Å². The van der Waals surface area contributed by atoms with Gasteiger partial charge in [0.05, 0.1) is 5.69 Å². The van der Waals surface area contributed by atoms with Crippen LogP contribution in [0.3, 0.4) is 0 Å². The maximum absolute atomic E-state index is 4.63. The van der Waals surface area contributed by atoms with Gasteiger partial charge in [-0.1, -0.05) is 0 Å². The number of hydrogen-bond donors (Lipinski definition) is 0. The summed E-state index contributed by atoms with van der Waals surface area (Å²) in [6.07, 6.45) is 0. The third-order valence-electron chi connectivity index (χ3n) is 2.80. The van der Waals surface area contributed by atoms with Gasteiger partial charge >= 0.3 is 0 Å². The van der Waals surface area contributed by atoms with Crippen LogP contribution in [-0.2, 0) is 0 Å². The van der Waals surface area contributed by atoms with Gasteiger partial charge in [-0.05, 0) is 62.9 Å². The second-order valence-electron chi connectivity index (χ2n) is 4.63. The highest BCUT2D eigenvalue weighted by molar-refractivity contribution is 9.10. The number of aryl methyl sites for hydroxylation is 1. The molecular weight excluding hydrogens is 278 g/mol. The Bertz CT molecular complexity index is 366. The smallest absolute Gasteiger partial charge is 0.129 e. The molecule has 96 valence electrons. The van der Waals surface area contributed by atoms with E-state index >= 15 is 0 Å². The second-order valence-corrected chi connectivity index (χ2v) is 5.49. The van der Waals surface area contributed by atoms with E-state index in [0.29, 0.717) is 6.04 Å². The average Bonchev–Trinajstić information content (AvgIpc) is 2.23. The van der Waals surface area contributed by atoms with Crippen LogP contribution in [0.2, 0.25) is 0 Å². The summed E-state index contributed by atoms with van der Waals surface area (Å²) < 4.78 is 1.07. The molecule has 0 saturated heterocycles. The Morgan fingerprint density at radius 2 is 2.00 bits per heavy atom. The van der Waals surface area contributed by atoms with Crippen LogP contribution in [0.5, 0.6) is 0 Å². The van der Waals surface area contributed by atoms with Gasteiger partial charge in [-0.3, -0.25) is 0 Å². The van der Waals surface area contributed by atoms with Crippen LogP contribution in [-0.4, -0.2) is 43.1 Å². The number of halogens is 1. The molecule has 1 rings (SSSR count). The van der Waals surface area contributed by atoms with Crippen molar-refractivity contribution in [2.45, 2.75) is 26.8 Å². The zero-order valence-electron chi connectivity index (χ0n) is 11.4. The predicted molar refractivity (Wildman–Crippen MR) is 77.7 cm³/mol. The minimum absolute atomic E-state index is 0.461. The van der Waals surface area contributed by atoms with Gasteiger partial charge in [0, 0.05) is 23.6 Å². The lowest BCUT2D eigenvalue weighted by atomic mass is 10.2.